The molecule has 1 aromatic heterocycles. The zero-order valence-corrected chi connectivity index (χ0v) is 18.0. The van der Waals surface area contributed by atoms with Crippen molar-refractivity contribution in [3.05, 3.63) is 64.4 Å². The van der Waals surface area contributed by atoms with Gasteiger partial charge in [-0.3, -0.25) is 9.40 Å². The predicted molar refractivity (Wildman–Crippen MR) is 111 cm³/mol. The summed E-state index contributed by atoms with van der Waals surface area (Å²) >= 11 is 9.27. The molecule has 1 heterocycles. The van der Waals surface area contributed by atoms with E-state index in [9.17, 15) is 8.42 Å². The van der Waals surface area contributed by atoms with E-state index in [4.69, 9.17) is 21.1 Å². The smallest absolute Gasteiger partial charge is 0.265 e. The molecule has 10 heteroatoms. The zero-order chi connectivity index (χ0) is 20.1. The van der Waals surface area contributed by atoms with Crippen LogP contribution in [0.1, 0.15) is 0 Å². The first-order chi connectivity index (χ1) is 13.4. The average molecular weight is 487 g/mol. The Morgan fingerprint density at radius 2 is 2.07 bits per heavy atom. The summed E-state index contributed by atoms with van der Waals surface area (Å²) in [5, 5.41) is 4.36. The molecule has 0 aliphatic rings. The number of nitrogens with one attached hydrogen (secondary N) is 1. The Hall–Kier alpha value is -2.23. The van der Waals surface area contributed by atoms with Crippen LogP contribution in [0.2, 0.25) is 5.02 Å². The number of benzene rings is 2. The van der Waals surface area contributed by atoms with Crippen molar-refractivity contribution in [1.82, 2.24) is 9.78 Å². The molecule has 1 N–H and O–H groups in total. The molecule has 0 bridgehead atoms. The van der Waals surface area contributed by atoms with E-state index in [1.54, 1.807) is 41.2 Å². The largest absolute Gasteiger partial charge is 0.494 e. The third kappa shape index (κ3) is 4.98. The number of sulfonamides is 1. The minimum Gasteiger partial charge on any atom is -0.494 e. The molecule has 0 saturated heterocycles. The normalized spacial score (nSPS) is 11.2. The summed E-state index contributed by atoms with van der Waals surface area (Å²) < 4.78 is 41.3. The highest BCUT2D eigenvalue weighted by Crippen LogP contribution is 2.36. The number of hydrogen-bond acceptors (Lipinski definition) is 5. The fraction of sp³-hybridized carbons (Fsp3) is 0.167. The number of anilines is 1. The summed E-state index contributed by atoms with van der Waals surface area (Å²) in [6, 6.07) is 11.4. The molecule has 2 aromatic carbocycles. The minimum atomic E-state index is -3.93. The van der Waals surface area contributed by atoms with Gasteiger partial charge in [-0.2, -0.15) is 5.10 Å². The second kappa shape index (κ2) is 8.85. The molecule has 0 atom stereocenters. The lowest BCUT2D eigenvalue weighted by molar-refractivity contribution is 0.291. The SMILES string of the molecule is COc1c(Br)cc(Cl)cc1S(=O)(=O)Nc1cccc(OCCn2cccn2)c1. The highest BCUT2D eigenvalue weighted by atomic mass is 79.9. The molecular formula is C18H17BrClN3O4S. The van der Waals surface area contributed by atoms with E-state index in [0.717, 1.165) is 0 Å². The van der Waals surface area contributed by atoms with Crippen LogP contribution >= 0.6 is 27.5 Å². The maximum absolute atomic E-state index is 12.8. The van der Waals surface area contributed by atoms with Crippen LogP contribution in [-0.2, 0) is 16.6 Å². The molecular weight excluding hydrogens is 470 g/mol. The standard InChI is InChI=1S/C18H17BrClN3O4S/c1-26-18-16(19)10-13(20)11-17(18)28(24,25)22-14-4-2-5-15(12-14)27-9-8-23-7-3-6-21-23/h2-7,10-12,22H,8-9H2,1H3. The van der Waals surface area contributed by atoms with Gasteiger partial charge >= 0.3 is 0 Å². The van der Waals surface area contributed by atoms with Crippen molar-refractivity contribution < 1.29 is 17.9 Å². The summed E-state index contributed by atoms with van der Waals surface area (Å²) in [6.07, 6.45) is 3.53. The van der Waals surface area contributed by atoms with E-state index < -0.39 is 10.0 Å². The lowest BCUT2D eigenvalue weighted by Gasteiger charge is -2.14. The molecule has 0 aliphatic heterocycles. The van der Waals surface area contributed by atoms with Gasteiger partial charge in [0.25, 0.3) is 10.0 Å². The Bertz CT molecular complexity index is 1060. The molecule has 0 aliphatic carbocycles. The summed E-state index contributed by atoms with van der Waals surface area (Å²) in [5.74, 6) is 0.704. The van der Waals surface area contributed by atoms with Crippen LogP contribution in [0.3, 0.4) is 0 Å². The molecule has 3 rings (SSSR count). The first-order valence-electron chi connectivity index (χ1n) is 8.15. The second-order valence-corrected chi connectivity index (χ2v) is 8.61. The Balaban J connectivity index is 1.76. The topological polar surface area (TPSA) is 82.5 Å². The molecule has 148 valence electrons. The van der Waals surface area contributed by atoms with Gasteiger partial charge in [0.15, 0.2) is 5.75 Å². The maximum Gasteiger partial charge on any atom is 0.265 e. The van der Waals surface area contributed by atoms with E-state index in [-0.39, 0.29) is 15.7 Å². The number of methoxy groups -OCH3 is 1. The Kier molecular flexibility index (Phi) is 6.48. The van der Waals surface area contributed by atoms with Crippen molar-refractivity contribution >= 4 is 43.2 Å². The first kappa shape index (κ1) is 20.5. The van der Waals surface area contributed by atoms with Crippen LogP contribution in [0, 0.1) is 0 Å². The predicted octanol–water partition coefficient (Wildman–Crippen LogP) is 4.19. The van der Waals surface area contributed by atoms with Crippen molar-refractivity contribution in [2.24, 2.45) is 0 Å². The average Bonchev–Trinajstić information content (AvgIpc) is 3.14. The van der Waals surface area contributed by atoms with Crippen LogP contribution < -0.4 is 14.2 Å². The Morgan fingerprint density at radius 1 is 1.25 bits per heavy atom. The number of nitrogens with zero attached hydrogens (tertiary/aromatic N) is 2. The van der Waals surface area contributed by atoms with Crippen LogP contribution in [0.25, 0.3) is 0 Å². The molecule has 7 nitrogen and oxygen atoms in total. The van der Waals surface area contributed by atoms with Crippen molar-refractivity contribution in [3.8, 4) is 11.5 Å². The molecule has 28 heavy (non-hydrogen) atoms. The first-order valence-corrected chi connectivity index (χ1v) is 10.8. The van der Waals surface area contributed by atoms with Crippen molar-refractivity contribution in [3.63, 3.8) is 0 Å². The molecule has 0 fully saturated rings. The van der Waals surface area contributed by atoms with Crippen molar-refractivity contribution in [2.75, 3.05) is 18.4 Å². The highest BCUT2D eigenvalue weighted by Gasteiger charge is 2.23. The lowest BCUT2D eigenvalue weighted by Crippen LogP contribution is -2.14. The molecule has 0 saturated carbocycles. The van der Waals surface area contributed by atoms with Gasteiger partial charge in [-0.15, -0.1) is 0 Å². The minimum absolute atomic E-state index is 0.0700. The van der Waals surface area contributed by atoms with Crippen LogP contribution in [0.4, 0.5) is 5.69 Å². The van der Waals surface area contributed by atoms with Gasteiger partial charge in [0.1, 0.15) is 17.3 Å². The third-order valence-electron chi connectivity index (χ3n) is 3.70. The Labute approximate surface area is 176 Å². The Morgan fingerprint density at radius 3 is 2.79 bits per heavy atom. The number of hydrogen-bond donors (Lipinski definition) is 1. The van der Waals surface area contributed by atoms with Gasteiger partial charge in [0.05, 0.1) is 23.8 Å². The van der Waals surface area contributed by atoms with E-state index in [1.165, 1.54) is 13.2 Å². The van der Waals surface area contributed by atoms with Crippen molar-refractivity contribution in [1.29, 1.82) is 0 Å². The fourth-order valence-corrected chi connectivity index (χ4v) is 4.92. The summed E-state index contributed by atoms with van der Waals surface area (Å²) in [7, 11) is -2.54. The second-order valence-electron chi connectivity index (χ2n) is 5.67. The van der Waals surface area contributed by atoms with E-state index in [1.807, 2.05) is 12.3 Å². The van der Waals surface area contributed by atoms with Gasteiger partial charge in [0.2, 0.25) is 0 Å². The highest BCUT2D eigenvalue weighted by molar-refractivity contribution is 9.10. The summed E-state index contributed by atoms with van der Waals surface area (Å²) in [6.45, 7) is 0.976. The van der Waals surface area contributed by atoms with Gasteiger partial charge in [-0.1, -0.05) is 17.7 Å². The van der Waals surface area contributed by atoms with Crippen LogP contribution in [0.15, 0.2) is 64.2 Å². The third-order valence-corrected chi connectivity index (χ3v) is 5.90. The zero-order valence-electron chi connectivity index (χ0n) is 14.8. The summed E-state index contributed by atoms with van der Waals surface area (Å²) in [5.41, 5.74) is 0.356. The number of halogens is 2. The van der Waals surface area contributed by atoms with Crippen LogP contribution in [0.5, 0.6) is 11.5 Å². The van der Waals surface area contributed by atoms with Gasteiger partial charge in [0, 0.05) is 23.5 Å². The molecule has 0 radical (unpaired) electrons. The lowest BCUT2D eigenvalue weighted by atomic mass is 10.3. The fourth-order valence-electron chi connectivity index (χ4n) is 2.48. The van der Waals surface area contributed by atoms with E-state index >= 15 is 0 Å². The monoisotopic (exact) mass is 485 g/mol. The van der Waals surface area contributed by atoms with Gasteiger partial charge in [-0.05, 0) is 46.3 Å². The molecule has 0 amide bonds. The quantitative estimate of drug-likeness (QED) is 0.516. The van der Waals surface area contributed by atoms with Gasteiger partial charge < -0.3 is 9.47 Å². The summed E-state index contributed by atoms with van der Waals surface area (Å²) in [4.78, 5) is -0.0700. The van der Waals surface area contributed by atoms with E-state index in [2.05, 4.69) is 25.8 Å². The van der Waals surface area contributed by atoms with Gasteiger partial charge in [-0.25, -0.2) is 8.42 Å². The molecule has 3 aromatic rings. The van der Waals surface area contributed by atoms with Crippen LogP contribution in [-0.4, -0.2) is 31.9 Å². The molecule has 0 unspecified atom stereocenters. The van der Waals surface area contributed by atoms with Crippen molar-refractivity contribution in [2.45, 2.75) is 11.4 Å². The maximum atomic E-state index is 12.8. The number of aromatic nitrogens is 2. The van der Waals surface area contributed by atoms with E-state index in [0.29, 0.717) is 29.1 Å². The number of ether oxygens (including phenoxy) is 2. The molecule has 0 spiro atoms. The number of rotatable bonds is 8.